The van der Waals surface area contributed by atoms with Gasteiger partial charge in [0.2, 0.25) is 5.91 Å². The molecule has 0 aliphatic heterocycles. The van der Waals surface area contributed by atoms with Crippen LogP contribution in [0.4, 0.5) is 0 Å². The van der Waals surface area contributed by atoms with Gasteiger partial charge in [-0.15, -0.1) is 0 Å². The van der Waals surface area contributed by atoms with Gasteiger partial charge in [-0.05, 0) is 61.4 Å². The number of hydrogen-bond acceptors (Lipinski definition) is 4. The van der Waals surface area contributed by atoms with E-state index < -0.39 is 11.2 Å². The number of nitrogens with zero attached hydrogens (tertiary/aromatic N) is 3. The first-order chi connectivity index (χ1) is 15.0. The lowest BCUT2D eigenvalue weighted by atomic mass is 10.1. The van der Waals surface area contributed by atoms with E-state index in [2.05, 4.69) is 10.3 Å². The summed E-state index contributed by atoms with van der Waals surface area (Å²) in [6.45, 7) is 3.93. The van der Waals surface area contributed by atoms with Gasteiger partial charge in [-0.25, -0.2) is 9.36 Å². The zero-order valence-electron chi connectivity index (χ0n) is 17.3. The molecule has 1 N–H and O–H groups in total. The Kier molecular flexibility index (Phi) is 5.49. The summed E-state index contributed by atoms with van der Waals surface area (Å²) in [7, 11) is 0. The van der Waals surface area contributed by atoms with Crippen LogP contribution < -0.4 is 16.6 Å². The number of amides is 1. The maximum Gasteiger partial charge on any atom is 0.336 e. The van der Waals surface area contributed by atoms with Crippen LogP contribution in [-0.4, -0.2) is 20.0 Å². The predicted molar refractivity (Wildman–Crippen MR) is 119 cm³/mol. The van der Waals surface area contributed by atoms with Gasteiger partial charge in [0.05, 0.1) is 28.8 Å². The Labute approximate surface area is 178 Å². The first-order valence-electron chi connectivity index (χ1n) is 9.94. The molecule has 0 aliphatic rings. The lowest BCUT2D eigenvalue weighted by Crippen LogP contribution is -2.41. The van der Waals surface area contributed by atoms with Gasteiger partial charge >= 0.3 is 5.69 Å². The van der Waals surface area contributed by atoms with Gasteiger partial charge in [0, 0.05) is 6.20 Å². The fourth-order valence-corrected chi connectivity index (χ4v) is 3.46. The van der Waals surface area contributed by atoms with Crippen molar-refractivity contribution in [1.82, 2.24) is 19.4 Å². The normalized spacial score (nSPS) is 10.9. The Morgan fingerprint density at radius 2 is 1.74 bits per heavy atom. The summed E-state index contributed by atoms with van der Waals surface area (Å²) in [5, 5.41) is 3.15. The molecular weight excluding hydrogens is 392 g/mol. The Morgan fingerprint density at radius 3 is 2.48 bits per heavy atom. The van der Waals surface area contributed by atoms with Crippen LogP contribution in [0.2, 0.25) is 0 Å². The topological polar surface area (TPSA) is 86.0 Å². The first-order valence-corrected chi connectivity index (χ1v) is 9.94. The highest BCUT2D eigenvalue weighted by Gasteiger charge is 2.16. The van der Waals surface area contributed by atoms with Crippen molar-refractivity contribution in [2.24, 2.45) is 0 Å². The largest absolute Gasteiger partial charge is 0.349 e. The Balaban J connectivity index is 1.77. The SMILES string of the molecule is Cc1ccc(-n2c(=O)c3ccccc3n(CC(=O)NCc3ccccn3)c2=O)cc1C. The third-order valence-corrected chi connectivity index (χ3v) is 5.29. The molecular formula is C24H22N4O3. The maximum absolute atomic E-state index is 13.3. The number of benzene rings is 2. The molecule has 0 saturated heterocycles. The number of carbonyl (C=O) groups excluding carboxylic acids is 1. The second-order valence-corrected chi connectivity index (χ2v) is 7.39. The van der Waals surface area contributed by atoms with E-state index in [9.17, 15) is 14.4 Å². The van der Waals surface area contributed by atoms with E-state index in [1.807, 2.05) is 32.0 Å². The van der Waals surface area contributed by atoms with Crippen molar-refractivity contribution in [1.29, 1.82) is 0 Å². The number of para-hydroxylation sites is 1. The average Bonchev–Trinajstić information content (AvgIpc) is 2.78. The van der Waals surface area contributed by atoms with Gasteiger partial charge < -0.3 is 5.32 Å². The van der Waals surface area contributed by atoms with E-state index in [1.54, 1.807) is 48.7 Å². The molecule has 0 aliphatic carbocycles. The highest BCUT2D eigenvalue weighted by Crippen LogP contribution is 2.14. The van der Waals surface area contributed by atoms with E-state index in [4.69, 9.17) is 0 Å². The molecule has 4 aromatic rings. The molecule has 2 heterocycles. The molecule has 7 nitrogen and oxygen atoms in total. The van der Waals surface area contributed by atoms with Gasteiger partial charge in [-0.2, -0.15) is 0 Å². The van der Waals surface area contributed by atoms with Gasteiger partial charge in [-0.1, -0.05) is 24.3 Å². The van der Waals surface area contributed by atoms with Crippen molar-refractivity contribution in [3.05, 3.63) is 105 Å². The number of carbonyl (C=O) groups is 1. The Bertz CT molecular complexity index is 1390. The number of hydrogen-bond donors (Lipinski definition) is 1. The highest BCUT2D eigenvalue weighted by atomic mass is 16.2. The summed E-state index contributed by atoms with van der Waals surface area (Å²) in [5.74, 6) is -0.344. The van der Waals surface area contributed by atoms with Gasteiger partial charge in [0.25, 0.3) is 5.56 Å². The smallest absolute Gasteiger partial charge is 0.336 e. The van der Waals surface area contributed by atoms with Crippen molar-refractivity contribution >= 4 is 16.8 Å². The van der Waals surface area contributed by atoms with Gasteiger partial charge in [0.1, 0.15) is 6.54 Å². The zero-order chi connectivity index (χ0) is 22.0. The molecule has 31 heavy (non-hydrogen) atoms. The number of aromatic nitrogens is 3. The van der Waals surface area contributed by atoms with Crippen LogP contribution in [0, 0.1) is 13.8 Å². The van der Waals surface area contributed by atoms with Crippen LogP contribution in [0.25, 0.3) is 16.6 Å². The molecule has 0 saturated carbocycles. The zero-order valence-corrected chi connectivity index (χ0v) is 17.3. The van der Waals surface area contributed by atoms with Crippen molar-refractivity contribution in [2.75, 3.05) is 0 Å². The quantitative estimate of drug-likeness (QED) is 0.544. The van der Waals surface area contributed by atoms with Crippen molar-refractivity contribution in [3.63, 3.8) is 0 Å². The number of pyridine rings is 1. The third-order valence-electron chi connectivity index (χ3n) is 5.29. The van der Waals surface area contributed by atoms with Gasteiger partial charge in [0.15, 0.2) is 0 Å². The summed E-state index contributed by atoms with van der Waals surface area (Å²) in [6, 6.07) is 17.7. The third kappa shape index (κ3) is 4.02. The average molecular weight is 414 g/mol. The highest BCUT2D eigenvalue weighted by molar-refractivity contribution is 5.81. The van der Waals surface area contributed by atoms with Crippen LogP contribution in [0.3, 0.4) is 0 Å². The van der Waals surface area contributed by atoms with Crippen LogP contribution in [0.15, 0.2) is 76.4 Å². The molecule has 2 aromatic carbocycles. The second-order valence-electron chi connectivity index (χ2n) is 7.39. The lowest BCUT2D eigenvalue weighted by molar-refractivity contribution is -0.121. The summed E-state index contributed by atoms with van der Waals surface area (Å²) < 4.78 is 2.46. The molecule has 156 valence electrons. The van der Waals surface area contributed by atoms with E-state index >= 15 is 0 Å². The Hall–Kier alpha value is -4.00. The minimum Gasteiger partial charge on any atom is -0.349 e. The first kappa shape index (κ1) is 20.3. The number of aryl methyl sites for hydroxylation is 2. The molecule has 0 atom stereocenters. The molecule has 0 spiro atoms. The van der Waals surface area contributed by atoms with E-state index in [0.29, 0.717) is 22.3 Å². The molecule has 0 unspecified atom stereocenters. The van der Waals surface area contributed by atoms with Crippen molar-refractivity contribution < 1.29 is 4.79 Å². The molecule has 0 bridgehead atoms. The molecule has 7 heteroatoms. The molecule has 0 fully saturated rings. The van der Waals surface area contributed by atoms with Crippen LogP contribution >= 0.6 is 0 Å². The monoisotopic (exact) mass is 414 g/mol. The fourth-order valence-electron chi connectivity index (χ4n) is 3.46. The van der Waals surface area contributed by atoms with Crippen LogP contribution in [0.1, 0.15) is 16.8 Å². The summed E-state index contributed by atoms with van der Waals surface area (Å²) in [6.07, 6.45) is 1.65. The van der Waals surface area contributed by atoms with E-state index in [0.717, 1.165) is 15.7 Å². The minimum absolute atomic E-state index is 0.211. The maximum atomic E-state index is 13.3. The Morgan fingerprint density at radius 1 is 0.968 bits per heavy atom. The predicted octanol–water partition coefficient (Wildman–Crippen LogP) is 2.48. The molecule has 1 amide bonds. The second kappa shape index (κ2) is 8.39. The fraction of sp³-hybridized carbons (Fsp3) is 0.167. The molecule has 0 radical (unpaired) electrons. The van der Waals surface area contributed by atoms with Crippen LogP contribution in [0.5, 0.6) is 0 Å². The van der Waals surface area contributed by atoms with Crippen molar-refractivity contribution in [2.45, 2.75) is 26.9 Å². The summed E-state index contributed by atoms with van der Waals surface area (Å²) in [4.78, 5) is 43.3. The number of fused-ring (bicyclic) bond motifs is 1. The van der Waals surface area contributed by atoms with Crippen LogP contribution in [-0.2, 0) is 17.9 Å². The summed E-state index contributed by atoms with van der Waals surface area (Å²) in [5.41, 5.74) is 2.68. The standard InChI is InChI=1S/C24H22N4O3/c1-16-10-11-19(13-17(16)2)28-23(30)20-8-3-4-9-21(20)27(24(28)31)15-22(29)26-14-18-7-5-6-12-25-18/h3-13H,14-15H2,1-2H3,(H,26,29). The number of rotatable bonds is 5. The molecule has 4 rings (SSSR count). The molecule has 2 aromatic heterocycles. The van der Waals surface area contributed by atoms with Gasteiger partial charge in [-0.3, -0.25) is 19.1 Å². The van der Waals surface area contributed by atoms with E-state index in [-0.39, 0.29) is 19.0 Å². The lowest BCUT2D eigenvalue weighted by Gasteiger charge is -2.15. The van der Waals surface area contributed by atoms with Crippen molar-refractivity contribution in [3.8, 4) is 5.69 Å². The minimum atomic E-state index is -0.556. The number of nitrogens with one attached hydrogen (secondary N) is 1. The summed E-state index contributed by atoms with van der Waals surface area (Å²) >= 11 is 0. The van der Waals surface area contributed by atoms with E-state index in [1.165, 1.54) is 4.57 Å².